The maximum atomic E-state index is 14.7. The first-order valence-corrected chi connectivity index (χ1v) is 8.86. The molecule has 2 aromatic heterocycles. The Morgan fingerprint density at radius 1 is 1.17 bits per heavy atom. The van der Waals surface area contributed by atoms with Crippen molar-refractivity contribution in [1.29, 1.82) is 0 Å². The van der Waals surface area contributed by atoms with Gasteiger partial charge in [-0.05, 0) is 23.9 Å². The Morgan fingerprint density at radius 2 is 1.90 bits per heavy atom. The molecule has 3 rings (SSSR count). The summed E-state index contributed by atoms with van der Waals surface area (Å²) >= 11 is 0. The molecule has 0 atom stereocenters. The lowest BCUT2D eigenvalue weighted by Crippen LogP contribution is -2.21. The summed E-state index contributed by atoms with van der Waals surface area (Å²) in [7, 11) is 0. The fourth-order valence-corrected chi connectivity index (χ4v) is 2.99. The molecule has 10 heteroatoms. The van der Waals surface area contributed by atoms with Gasteiger partial charge in [0.1, 0.15) is 11.4 Å². The summed E-state index contributed by atoms with van der Waals surface area (Å²) in [5.74, 6) is -4.26. The van der Waals surface area contributed by atoms with E-state index in [-0.39, 0.29) is 5.39 Å². The van der Waals surface area contributed by atoms with E-state index in [0.717, 1.165) is 18.9 Å². The number of nitrogen functional groups attached to an aromatic ring is 1. The van der Waals surface area contributed by atoms with Crippen LogP contribution in [0.3, 0.4) is 0 Å². The van der Waals surface area contributed by atoms with E-state index in [1.54, 1.807) is 0 Å². The number of rotatable bonds is 5. The number of fused-ring (bicyclic) bond motifs is 1. The molecular weight excluding hydrogens is 395 g/mol. The van der Waals surface area contributed by atoms with Crippen LogP contribution in [0.2, 0.25) is 0 Å². The quantitative estimate of drug-likeness (QED) is 0.494. The number of pyridine rings is 1. The monoisotopic (exact) mass is 412 g/mol. The normalized spacial score (nSPS) is 11.9. The molecule has 0 aliphatic heterocycles. The van der Waals surface area contributed by atoms with Crippen molar-refractivity contribution in [3.63, 3.8) is 0 Å². The summed E-state index contributed by atoms with van der Waals surface area (Å²) in [6, 6.07) is 2.55. The van der Waals surface area contributed by atoms with Crippen molar-refractivity contribution in [2.75, 3.05) is 5.73 Å². The minimum Gasteiger partial charge on any atom is -0.383 e. The van der Waals surface area contributed by atoms with Crippen LogP contribution in [-0.4, -0.2) is 14.5 Å². The highest BCUT2D eigenvalue weighted by atomic mass is 19.4. The van der Waals surface area contributed by atoms with E-state index < -0.39 is 51.5 Å². The predicted molar refractivity (Wildman–Crippen MR) is 98.1 cm³/mol. The summed E-state index contributed by atoms with van der Waals surface area (Å²) in [6.07, 6.45) is -0.381. The minimum absolute atomic E-state index is 0.0812. The number of alkyl halides is 3. The van der Waals surface area contributed by atoms with Crippen LogP contribution in [0.4, 0.5) is 27.8 Å². The summed E-state index contributed by atoms with van der Waals surface area (Å²) in [6.45, 7) is 2.36. The van der Waals surface area contributed by atoms with E-state index in [2.05, 4.69) is 9.97 Å². The zero-order chi connectivity index (χ0) is 21.3. The fourth-order valence-electron chi connectivity index (χ4n) is 2.99. The average Bonchev–Trinajstić information content (AvgIpc) is 2.65. The van der Waals surface area contributed by atoms with Gasteiger partial charge >= 0.3 is 6.18 Å². The molecule has 2 heterocycles. The van der Waals surface area contributed by atoms with E-state index in [9.17, 15) is 26.7 Å². The molecule has 1 aromatic carbocycles. The molecule has 0 amide bonds. The summed E-state index contributed by atoms with van der Waals surface area (Å²) in [5.41, 5.74) is 2.85. The highest BCUT2D eigenvalue weighted by Gasteiger charge is 2.34. The molecule has 0 fully saturated rings. The van der Waals surface area contributed by atoms with E-state index in [0.29, 0.717) is 19.2 Å². The molecule has 0 unspecified atom stereocenters. The number of anilines is 1. The lowest BCUT2D eigenvalue weighted by atomic mass is 10.1. The number of benzene rings is 1. The minimum atomic E-state index is -4.78. The van der Waals surface area contributed by atoms with Crippen molar-refractivity contribution < 1.29 is 22.0 Å². The number of hydrogen-bond donors (Lipinski definition) is 1. The molecule has 0 saturated heterocycles. The highest BCUT2D eigenvalue weighted by molar-refractivity contribution is 5.86. The first-order valence-electron chi connectivity index (χ1n) is 8.86. The SMILES string of the molecule is CCCCCn1ccc2cc(-c3ncc(C(F)(F)F)c(N)n3)c(F)c(F)c2c1=O. The van der Waals surface area contributed by atoms with Crippen LogP contribution in [0.5, 0.6) is 0 Å². The number of aromatic nitrogens is 3. The van der Waals surface area contributed by atoms with Gasteiger partial charge < -0.3 is 10.3 Å². The Morgan fingerprint density at radius 3 is 2.52 bits per heavy atom. The lowest BCUT2D eigenvalue weighted by molar-refractivity contribution is -0.137. The number of nitrogens with two attached hydrogens (primary N) is 1. The Balaban J connectivity index is 2.12. The zero-order valence-electron chi connectivity index (χ0n) is 15.4. The van der Waals surface area contributed by atoms with Crippen LogP contribution in [0, 0.1) is 11.6 Å². The molecule has 0 aliphatic rings. The maximum absolute atomic E-state index is 14.7. The number of aryl methyl sites for hydroxylation is 1. The molecule has 29 heavy (non-hydrogen) atoms. The Bertz CT molecular complexity index is 1120. The predicted octanol–water partition coefficient (Wildman–Crippen LogP) is 4.53. The van der Waals surface area contributed by atoms with Crippen LogP contribution in [-0.2, 0) is 12.7 Å². The standard InChI is InChI=1S/C19H17F5N4O/c1-2-3-4-6-28-7-5-10-8-11(14(20)15(21)13(10)18(28)29)17-26-9-12(16(25)27-17)19(22,23)24/h5,7-9H,2-4,6H2,1H3,(H2,25,26,27). The Hall–Kier alpha value is -3.04. The second-order valence-electron chi connectivity index (χ2n) is 6.53. The molecule has 5 nitrogen and oxygen atoms in total. The average molecular weight is 412 g/mol. The molecule has 0 radical (unpaired) electrons. The van der Waals surface area contributed by atoms with Gasteiger partial charge in [0.15, 0.2) is 17.5 Å². The topological polar surface area (TPSA) is 73.8 Å². The smallest absolute Gasteiger partial charge is 0.383 e. The zero-order valence-corrected chi connectivity index (χ0v) is 15.4. The van der Waals surface area contributed by atoms with Crippen LogP contribution >= 0.6 is 0 Å². The summed E-state index contributed by atoms with van der Waals surface area (Å²) in [4.78, 5) is 19.5. The molecular formula is C19H17F5N4O. The number of hydrogen-bond acceptors (Lipinski definition) is 4. The molecule has 3 aromatic rings. The molecule has 0 spiro atoms. The van der Waals surface area contributed by atoms with Gasteiger partial charge in [-0.15, -0.1) is 0 Å². The second-order valence-corrected chi connectivity index (χ2v) is 6.53. The van der Waals surface area contributed by atoms with Crippen molar-refractivity contribution >= 4 is 16.6 Å². The number of nitrogens with zero attached hydrogens (tertiary/aromatic N) is 3. The third kappa shape index (κ3) is 3.92. The Labute approximate surface area is 162 Å². The van der Waals surface area contributed by atoms with Crippen molar-refractivity contribution in [3.05, 3.63) is 52.1 Å². The molecule has 0 saturated carbocycles. The second kappa shape index (κ2) is 7.76. The Kier molecular flexibility index (Phi) is 5.54. The molecule has 0 bridgehead atoms. The molecule has 154 valence electrons. The summed E-state index contributed by atoms with van der Waals surface area (Å²) < 4.78 is 69.0. The van der Waals surface area contributed by atoms with Gasteiger partial charge in [0.2, 0.25) is 0 Å². The van der Waals surface area contributed by atoms with Crippen molar-refractivity contribution in [1.82, 2.24) is 14.5 Å². The van der Waals surface area contributed by atoms with Gasteiger partial charge in [-0.25, -0.2) is 18.7 Å². The largest absolute Gasteiger partial charge is 0.421 e. The lowest BCUT2D eigenvalue weighted by Gasteiger charge is -2.12. The van der Waals surface area contributed by atoms with Gasteiger partial charge in [-0.2, -0.15) is 13.2 Å². The first-order chi connectivity index (χ1) is 13.6. The molecule has 2 N–H and O–H groups in total. The van der Waals surface area contributed by atoms with Gasteiger partial charge in [-0.1, -0.05) is 19.8 Å². The maximum Gasteiger partial charge on any atom is 0.421 e. The van der Waals surface area contributed by atoms with Crippen molar-refractivity contribution in [2.24, 2.45) is 0 Å². The van der Waals surface area contributed by atoms with E-state index in [1.165, 1.54) is 16.8 Å². The van der Waals surface area contributed by atoms with Crippen molar-refractivity contribution in [2.45, 2.75) is 38.9 Å². The summed E-state index contributed by atoms with van der Waals surface area (Å²) in [5, 5.41) is -0.358. The van der Waals surface area contributed by atoms with Crippen LogP contribution in [0.25, 0.3) is 22.2 Å². The van der Waals surface area contributed by atoms with E-state index in [4.69, 9.17) is 5.73 Å². The van der Waals surface area contributed by atoms with E-state index in [1.807, 2.05) is 6.92 Å². The third-order valence-corrected chi connectivity index (χ3v) is 4.51. The molecule has 0 aliphatic carbocycles. The van der Waals surface area contributed by atoms with Crippen LogP contribution in [0.15, 0.2) is 29.3 Å². The number of halogens is 5. The fraction of sp³-hybridized carbons (Fsp3) is 0.316. The van der Waals surface area contributed by atoms with E-state index >= 15 is 0 Å². The third-order valence-electron chi connectivity index (χ3n) is 4.51. The van der Waals surface area contributed by atoms with Crippen LogP contribution in [0.1, 0.15) is 31.7 Å². The number of unbranched alkanes of at least 4 members (excludes halogenated alkanes) is 2. The van der Waals surface area contributed by atoms with Gasteiger partial charge in [-0.3, -0.25) is 4.79 Å². The van der Waals surface area contributed by atoms with Crippen molar-refractivity contribution in [3.8, 4) is 11.4 Å². The van der Waals surface area contributed by atoms with Crippen LogP contribution < -0.4 is 11.3 Å². The highest BCUT2D eigenvalue weighted by Crippen LogP contribution is 2.34. The van der Waals surface area contributed by atoms with Gasteiger partial charge in [0.25, 0.3) is 5.56 Å². The van der Waals surface area contributed by atoms with Gasteiger partial charge in [0, 0.05) is 18.9 Å². The van der Waals surface area contributed by atoms with Gasteiger partial charge in [0.05, 0.1) is 10.9 Å². The first kappa shape index (κ1) is 20.7.